The minimum absolute atomic E-state index is 0.171. The van der Waals surface area contributed by atoms with E-state index in [9.17, 15) is 14.0 Å². The van der Waals surface area contributed by atoms with E-state index in [4.69, 9.17) is 0 Å². The first-order chi connectivity index (χ1) is 13.8. The van der Waals surface area contributed by atoms with Crippen LogP contribution in [0.15, 0.2) is 52.7 Å². The number of carbonyl (C=O) groups excluding carboxylic acids is 2. The van der Waals surface area contributed by atoms with Crippen LogP contribution in [0.5, 0.6) is 0 Å². The Kier molecular flexibility index (Phi) is 8.77. The first-order valence-corrected chi connectivity index (χ1v) is 10.0. The number of hydrazone groups is 1. The lowest BCUT2D eigenvalue weighted by Gasteiger charge is -2.25. The summed E-state index contributed by atoms with van der Waals surface area (Å²) in [6, 6.07) is 5.31. The molecule has 29 heavy (non-hydrogen) atoms. The molecule has 2 amide bonds. The van der Waals surface area contributed by atoms with Gasteiger partial charge in [-0.2, -0.15) is 5.10 Å². The third-order valence-electron chi connectivity index (χ3n) is 4.96. The van der Waals surface area contributed by atoms with E-state index in [1.807, 2.05) is 0 Å². The number of rotatable bonds is 8. The zero-order valence-electron chi connectivity index (χ0n) is 17.4. The number of hydrogen-bond acceptors (Lipinski definition) is 3. The van der Waals surface area contributed by atoms with Crippen molar-refractivity contribution in [3.8, 4) is 0 Å². The van der Waals surface area contributed by atoms with E-state index in [1.165, 1.54) is 29.3 Å². The molecule has 1 aliphatic rings. The second kappa shape index (κ2) is 11.3. The average Bonchev–Trinajstić information content (AvgIpc) is 2.67. The zero-order chi connectivity index (χ0) is 21.2. The standard InChI is InChI=1S/C23H30FN3O2/c1-16(2)6-4-7-18-10-11-20(17(3)12-18)14-26-27-22(28)15-25-23(29)19-8-5-9-21(24)13-19/h5-6,8-10,13-14,17,20H,4,7,11-12,15H2,1-3H3,(H,25,29)(H,27,28)/b26-14-/t17-,20+/m1/s1. The number of nitrogens with one attached hydrogen (secondary N) is 2. The van der Waals surface area contributed by atoms with Gasteiger partial charge in [0.15, 0.2) is 0 Å². The number of carbonyl (C=O) groups is 2. The Labute approximate surface area is 172 Å². The SMILES string of the molecule is CC(C)=CCCC1=CC[C@@H](/C=N\NC(=O)CNC(=O)c2cccc(F)c2)[C@H](C)C1. The minimum Gasteiger partial charge on any atom is -0.343 e. The van der Waals surface area contributed by atoms with Gasteiger partial charge in [-0.3, -0.25) is 9.59 Å². The Balaban J connectivity index is 1.73. The predicted molar refractivity (Wildman–Crippen MR) is 114 cm³/mol. The van der Waals surface area contributed by atoms with Crippen LogP contribution in [-0.2, 0) is 4.79 Å². The highest BCUT2D eigenvalue weighted by Gasteiger charge is 2.20. The van der Waals surface area contributed by atoms with Gasteiger partial charge in [0.25, 0.3) is 11.8 Å². The van der Waals surface area contributed by atoms with Gasteiger partial charge >= 0.3 is 0 Å². The van der Waals surface area contributed by atoms with E-state index < -0.39 is 17.6 Å². The van der Waals surface area contributed by atoms with Crippen LogP contribution in [0.3, 0.4) is 0 Å². The molecular formula is C23H30FN3O2. The molecular weight excluding hydrogens is 369 g/mol. The maximum absolute atomic E-state index is 13.1. The minimum atomic E-state index is -0.504. The number of amides is 2. The largest absolute Gasteiger partial charge is 0.343 e. The molecule has 2 atom stereocenters. The molecule has 0 aromatic heterocycles. The van der Waals surface area contributed by atoms with Gasteiger partial charge in [-0.05, 0) is 63.6 Å². The Morgan fingerprint density at radius 2 is 2.10 bits per heavy atom. The lowest BCUT2D eigenvalue weighted by molar-refractivity contribution is -0.120. The number of allylic oxidation sites excluding steroid dienone is 4. The number of halogens is 1. The smallest absolute Gasteiger partial charge is 0.259 e. The second-order valence-electron chi connectivity index (χ2n) is 7.77. The molecule has 0 saturated heterocycles. The fourth-order valence-electron chi connectivity index (χ4n) is 3.28. The fourth-order valence-corrected chi connectivity index (χ4v) is 3.28. The molecule has 156 valence electrons. The molecule has 0 radical (unpaired) electrons. The summed E-state index contributed by atoms with van der Waals surface area (Å²) in [5.41, 5.74) is 5.45. The van der Waals surface area contributed by atoms with Crippen LogP contribution in [0, 0.1) is 17.7 Å². The molecule has 6 heteroatoms. The van der Waals surface area contributed by atoms with Gasteiger partial charge in [0.1, 0.15) is 5.82 Å². The molecule has 2 N–H and O–H groups in total. The number of hydrogen-bond donors (Lipinski definition) is 2. The zero-order valence-corrected chi connectivity index (χ0v) is 17.4. The van der Waals surface area contributed by atoms with Gasteiger partial charge in [-0.15, -0.1) is 0 Å². The van der Waals surface area contributed by atoms with Crippen molar-refractivity contribution in [1.29, 1.82) is 0 Å². The first kappa shape index (κ1) is 22.5. The third kappa shape index (κ3) is 8.02. The van der Waals surface area contributed by atoms with Crippen LogP contribution in [-0.4, -0.2) is 24.6 Å². The number of nitrogens with zero attached hydrogens (tertiary/aromatic N) is 1. The molecule has 0 bridgehead atoms. The summed E-state index contributed by atoms with van der Waals surface area (Å²) in [7, 11) is 0. The second-order valence-corrected chi connectivity index (χ2v) is 7.77. The first-order valence-electron chi connectivity index (χ1n) is 10.0. The van der Waals surface area contributed by atoms with Gasteiger partial charge in [0, 0.05) is 17.7 Å². The molecule has 1 aliphatic carbocycles. The topological polar surface area (TPSA) is 70.6 Å². The summed E-state index contributed by atoms with van der Waals surface area (Å²) in [6.07, 6.45) is 10.5. The van der Waals surface area contributed by atoms with E-state index >= 15 is 0 Å². The normalized spacial score (nSPS) is 18.8. The van der Waals surface area contributed by atoms with Gasteiger partial charge < -0.3 is 5.32 Å². The van der Waals surface area contributed by atoms with Crippen molar-refractivity contribution in [3.63, 3.8) is 0 Å². The molecule has 1 aromatic rings. The van der Waals surface area contributed by atoms with Crippen molar-refractivity contribution in [2.24, 2.45) is 16.9 Å². The monoisotopic (exact) mass is 399 g/mol. The van der Waals surface area contributed by atoms with E-state index in [1.54, 1.807) is 6.21 Å². The van der Waals surface area contributed by atoms with Crippen LogP contribution in [0.1, 0.15) is 56.8 Å². The molecule has 0 spiro atoms. The molecule has 0 fully saturated rings. The van der Waals surface area contributed by atoms with E-state index in [2.05, 4.69) is 48.8 Å². The summed E-state index contributed by atoms with van der Waals surface area (Å²) in [5.74, 6) is -0.676. The van der Waals surface area contributed by atoms with E-state index in [0.717, 1.165) is 31.7 Å². The van der Waals surface area contributed by atoms with Crippen LogP contribution in [0.4, 0.5) is 4.39 Å². The van der Waals surface area contributed by atoms with Gasteiger partial charge in [0.2, 0.25) is 0 Å². The summed E-state index contributed by atoms with van der Waals surface area (Å²) >= 11 is 0. The maximum atomic E-state index is 13.1. The quantitative estimate of drug-likeness (QED) is 0.387. The summed E-state index contributed by atoms with van der Waals surface area (Å²) in [6.45, 7) is 6.21. The Morgan fingerprint density at radius 3 is 2.79 bits per heavy atom. The van der Waals surface area contributed by atoms with Crippen LogP contribution in [0.2, 0.25) is 0 Å². The van der Waals surface area contributed by atoms with Crippen LogP contribution < -0.4 is 10.7 Å². The Bertz CT molecular complexity index is 810. The Morgan fingerprint density at radius 1 is 1.31 bits per heavy atom. The van der Waals surface area contributed by atoms with Crippen LogP contribution in [0.25, 0.3) is 0 Å². The van der Waals surface area contributed by atoms with E-state index in [0.29, 0.717) is 5.92 Å². The summed E-state index contributed by atoms with van der Waals surface area (Å²) < 4.78 is 13.1. The molecule has 0 aliphatic heterocycles. The molecule has 0 saturated carbocycles. The van der Waals surface area contributed by atoms with E-state index in [-0.39, 0.29) is 18.0 Å². The van der Waals surface area contributed by atoms with Gasteiger partial charge in [0.05, 0.1) is 6.54 Å². The van der Waals surface area contributed by atoms with Crippen molar-refractivity contribution in [3.05, 3.63) is 58.9 Å². The van der Waals surface area contributed by atoms with Crippen LogP contribution >= 0.6 is 0 Å². The highest BCUT2D eigenvalue weighted by Crippen LogP contribution is 2.30. The Hall–Kier alpha value is -2.76. The highest BCUT2D eigenvalue weighted by atomic mass is 19.1. The summed E-state index contributed by atoms with van der Waals surface area (Å²) in [4.78, 5) is 23.8. The molecule has 0 heterocycles. The molecule has 5 nitrogen and oxygen atoms in total. The lowest BCUT2D eigenvalue weighted by Crippen LogP contribution is -2.35. The van der Waals surface area contributed by atoms with Crippen molar-refractivity contribution >= 4 is 18.0 Å². The predicted octanol–water partition coefficient (Wildman–Crippen LogP) is 4.38. The third-order valence-corrected chi connectivity index (χ3v) is 4.96. The lowest BCUT2D eigenvalue weighted by atomic mass is 9.80. The van der Waals surface area contributed by atoms with Crippen molar-refractivity contribution < 1.29 is 14.0 Å². The average molecular weight is 400 g/mol. The molecule has 0 unspecified atom stereocenters. The van der Waals surface area contributed by atoms with Gasteiger partial charge in [-0.1, -0.05) is 36.3 Å². The molecule has 1 aromatic carbocycles. The molecule has 2 rings (SSSR count). The van der Waals surface area contributed by atoms with Gasteiger partial charge in [-0.25, -0.2) is 9.82 Å². The van der Waals surface area contributed by atoms with Crippen molar-refractivity contribution in [2.45, 2.75) is 46.5 Å². The highest BCUT2D eigenvalue weighted by molar-refractivity contribution is 5.96. The number of benzene rings is 1. The maximum Gasteiger partial charge on any atom is 0.259 e. The fraction of sp³-hybridized carbons (Fsp3) is 0.435. The van der Waals surface area contributed by atoms with Crippen molar-refractivity contribution in [2.75, 3.05) is 6.54 Å². The summed E-state index contributed by atoms with van der Waals surface area (Å²) in [5, 5.41) is 6.50. The van der Waals surface area contributed by atoms with Crippen molar-refractivity contribution in [1.82, 2.24) is 10.7 Å².